The molecule has 20 heavy (non-hydrogen) atoms. The predicted octanol–water partition coefficient (Wildman–Crippen LogP) is 4.21. The highest BCUT2D eigenvalue weighted by atomic mass is 14.8. The van der Waals surface area contributed by atoms with Gasteiger partial charge in [0.1, 0.15) is 0 Å². The second-order valence-electron chi connectivity index (χ2n) is 5.57. The maximum Gasteiger partial charge on any atom is 0.0702 e. The highest BCUT2D eigenvalue weighted by Crippen LogP contribution is 2.19. The molecule has 1 aromatic carbocycles. The standard InChI is InChI=1S/C18H22N2/c1-2-5-15(6-3-1)10-12-19-14-16-8-9-18-17(13-16)7-4-11-20-18/h4-5,7-9,11,13,19H,1-3,6,10,12,14H2. The van der Waals surface area contributed by atoms with E-state index in [0.29, 0.717) is 0 Å². The molecule has 0 fully saturated rings. The zero-order chi connectivity index (χ0) is 13.6. The van der Waals surface area contributed by atoms with Crippen LogP contribution in [0.4, 0.5) is 0 Å². The van der Waals surface area contributed by atoms with Crippen molar-refractivity contribution in [3.8, 4) is 0 Å². The number of nitrogens with one attached hydrogen (secondary N) is 1. The van der Waals surface area contributed by atoms with E-state index in [0.717, 1.165) is 18.6 Å². The van der Waals surface area contributed by atoms with E-state index in [-0.39, 0.29) is 0 Å². The average Bonchev–Trinajstić information content (AvgIpc) is 2.52. The number of benzene rings is 1. The molecule has 1 aromatic heterocycles. The molecule has 2 heteroatoms. The van der Waals surface area contributed by atoms with Gasteiger partial charge in [-0.3, -0.25) is 4.98 Å². The summed E-state index contributed by atoms with van der Waals surface area (Å²) >= 11 is 0. The fourth-order valence-electron chi connectivity index (χ4n) is 2.85. The second-order valence-corrected chi connectivity index (χ2v) is 5.57. The molecular formula is C18H22N2. The van der Waals surface area contributed by atoms with Crippen molar-refractivity contribution in [2.75, 3.05) is 6.54 Å². The Bertz CT molecular complexity index is 601. The van der Waals surface area contributed by atoms with Crippen LogP contribution in [0.25, 0.3) is 10.9 Å². The zero-order valence-electron chi connectivity index (χ0n) is 11.9. The van der Waals surface area contributed by atoms with E-state index in [1.165, 1.54) is 43.1 Å². The summed E-state index contributed by atoms with van der Waals surface area (Å²) in [6.45, 7) is 2.02. The lowest BCUT2D eigenvalue weighted by Crippen LogP contribution is -2.15. The van der Waals surface area contributed by atoms with E-state index in [1.54, 1.807) is 5.57 Å². The third kappa shape index (κ3) is 3.45. The average molecular weight is 266 g/mol. The van der Waals surface area contributed by atoms with Gasteiger partial charge in [0, 0.05) is 18.1 Å². The number of hydrogen-bond acceptors (Lipinski definition) is 2. The Kier molecular flexibility index (Phi) is 4.44. The summed E-state index contributed by atoms with van der Waals surface area (Å²) in [6.07, 6.45) is 10.8. The quantitative estimate of drug-likeness (QED) is 0.647. The van der Waals surface area contributed by atoms with Crippen molar-refractivity contribution in [3.05, 3.63) is 53.7 Å². The molecule has 0 amide bonds. The maximum atomic E-state index is 4.35. The number of fused-ring (bicyclic) bond motifs is 1. The number of aromatic nitrogens is 1. The largest absolute Gasteiger partial charge is 0.312 e. The van der Waals surface area contributed by atoms with Gasteiger partial charge in [0.05, 0.1) is 5.52 Å². The number of allylic oxidation sites excluding steroid dienone is 1. The Hall–Kier alpha value is -1.67. The normalized spacial score (nSPS) is 15.3. The van der Waals surface area contributed by atoms with Crippen molar-refractivity contribution in [3.63, 3.8) is 0 Å². The fraction of sp³-hybridized carbons (Fsp3) is 0.389. The van der Waals surface area contributed by atoms with Gasteiger partial charge in [0.15, 0.2) is 0 Å². The minimum atomic E-state index is 0.943. The minimum absolute atomic E-state index is 0.943. The summed E-state index contributed by atoms with van der Waals surface area (Å²) in [5.74, 6) is 0. The first-order valence-electron chi connectivity index (χ1n) is 7.64. The lowest BCUT2D eigenvalue weighted by atomic mass is 9.97. The SMILES string of the molecule is C1=C(CCNCc2ccc3ncccc3c2)CCCC1. The first-order valence-corrected chi connectivity index (χ1v) is 7.64. The van der Waals surface area contributed by atoms with E-state index >= 15 is 0 Å². The van der Waals surface area contributed by atoms with E-state index in [1.807, 2.05) is 12.3 Å². The highest BCUT2D eigenvalue weighted by molar-refractivity contribution is 5.78. The van der Waals surface area contributed by atoms with Crippen LogP contribution >= 0.6 is 0 Å². The summed E-state index contributed by atoms with van der Waals surface area (Å²) in [6, 6.07) is 10.6. The van der Waals surface area contributed by atoms with Crippen LogP contribution in [0, 0.1) is 0 Å². The second kappa shape index (κ2) is 6.67. The molecule has 1 aliphatic carbocycles. The lowest BCUT2D eigenvalue weighted by Gasteiger charge is -2.13. The first kappa shape index (κ1) is 13.3. The molecule has 1 heterocycles. The van der Waals surface area contributed by atoms with Gasteiger partial charge in [-0.05, 0) is 62.4 Å². The topological polar surface area (TPSA) is 24.9 Å². The molecule has 0 radical (unpaired) electrons. The molecule has 0 saturated heterocycles. The van der Waals surface area contributed by atoms with Crippen molar-refractivity contribution < 1.29 is 0 Å². The van der Waals surface area contributed by atoms with Crippen LogP contribution in [0.1, 0.15) is 37.7 Å². The summed E-state index contributed by atoms with van der Waals surface area (Å²) in [7, 11) is 0. The van der Waals surface area contributed by atoms with Crippen molar-refractivity contribution in [1.82, 2.24) is 10.3 Å². The molecular weight excluding hydrogens is 244 g/mol. The maximum absolute atomic E-state index is 4.35. The molecule has 1 N–H and O–H groups in total. The summed E-state index contributed by atoms with van der Waals surface area (Å²) in [5, 5.41) is 4.78. The third-order valence-electron chi connectivity index (χ3n) is 4.00. The van der Waals surface area contributed by atoms with Crippen LogP contribution in [-0.2, 0) is 6.54 Å². The number of rotatable bonds is 5. The van der Waals surface area contributed by atoms with Gasteiger partial charge >= 0.3 is 0 Å². The van der Waals surface area contributed by atoms with E-state index in [4.69, 9.17) is 0 Å². The number of pyridine rings is 1. The van der Waals surface area contributed by atoms with Gasteiger partial charge in [0.2, 0.25) is 0 Å². The Morgan fingerprint density at radius 2 is 2.15 bits per heavy atom. The van der Waals surface area contributed by atoms with Crippen LogP contribution in [-0.4, -0.2) is 11.5 Å². The van der Waals surface area contributed by atoms with Crippen molar-refractivity contribution in [1.29, 1.82) is 0 Å². The molecule has 3 rings (SSSR count). The van der Waals surface area contributed by atoms with Gasteiger partial charge < -0.3 is 5.32 Å². The molecule has 0 unspecified atom stereocenters. The van der Waals surface area contributed by atoms with Gasteiger partial charge in [0.25, 0.3) is 0 Å². The summed E-state index contributed by atoms with van der Waals surface area (Å²) in [4.78, 5) is 4.35. The first-order chi connectivity index (χ1) is 9.92. The van der Waals surface area contributed by atoms with Crippen molar-refractivity contribution >= 4 is 10.9 Å². The molecule has 0 spiro atoms. The van der Waals surface area contributed by atoms with Crippen LogP contribution in [0.15, 0.2) is 48.2 Å². The number of hydrogen-bond donors (Lipinski definition) is 1. The van der Waals surface area contributed by atoms with Crippen LogP contribution in [0.2, 0.25) is 0 Å². The van der Waals surface area contributed by atoms with Gasteiger partial charge in [-0.15, -0.1) is 0 Å². The summed E-state index contributed by atoms with van der Waals surface area (Å²) in [5.41, 5.74) is 4.05. The van der Waals surface area contributed by atoms with Gasteiger partial charge in [-0.2, -0.15) is 0 Å². The van der Waals surface area contributed by atoms with E-state index in [9.17, 15) is 0 Å². The monoisotopic (exact) mass is 266 g/mol. The zero-order valence-corrected chi connectivity index (χ0v) is 11.9. The Labute approximate surface area is 120 Å². The molecule has 0 atom stereocenters. The predicted molar refractivity (Wildman–Crippen MR) is 84.6 cm³/mol. The fourth-order valence-corrected chi connectivity index (χ4v) is 2.85. The highest BCUT2D eigenvalue weighted by Gasteiger charge is 2.03. The Morgan fingerprint density at radius 3 is 3.05 bits per heavy atom. The van der Waals surface area contributed by atoms with E-state index in [2.05, 4.69) is 40.6 Å². The molecule has 0 bridgehead atoms. The summed E-state index contributed by atoms with van der Waals surface area (Å²) < 4.78 is 0. The Morgan fingerprint density at radius 1 is 1.15 bits per heavy atom. The van der Waals surface area contributed by atoms with Gasteiger partial charge in [-0.1, -0.05) is 23.8 Å². The van der Waals surface area contributed by atoms with Crippen molar-refractivity contribution in [2.45, 2.75) is 38.6 Å². The lowest BCUT2D eigenvalue weighted by molar-refractivity contribution is 0.632. The minimum Gasteiger partial charge on any atom is -0.312 e. The third-order valence-corrected chi connectivity index (χ3v) is 4.00. The Balaban J connectivity index is 1.50. The van der Waals surface area contributed by atoms with Crippen LogP contribution in [0.5, 0.6) is 0 Å². The molecule has 1 aliphatic rings. The van der Waals surface area contributed by atoms with E-state index < -0.39 is 0 Å². The van der Waals surface area contributed by atoms with Crippen LogP contribution < -0.4 is 5.32 Å². The molecule has 0 saturated carbocycles. The van der Waals surface area contributed by atoms with Crippen molar-refractivity contribution in [2.24, 2.45) is 0 Å². The molecule has 2 aromatic rings. The molecule has 104 valence electrons. The molecule has 2 nitrogen and oxygen atoms in total. The smallest absolute Gasteiger partial charge is 0.0702 e. The molecule has 0 aliphatic heterocycles. The van der Waals surface area contributed by atoms with Gasteiger partial charge in [-0.25, -0.2) is 0 Å². The van der Waals surface area contributed by atoms with Crippen LogP contribution in [0.3, 0.4) is 0 Å². The number of nitrogens with zero attached hydrogens (tertiary/aromatic N) is 1.